The van der Waals surface area contributed by atoms with Gasteiger partial charge in [-0.1, -0.05) is 0 Å². The Balaban J connectivity index is 3.07. The summed E-state index contributed by atoms with van der Waals surface area (Å²) < 4.78 is 33.6. The van der Waals surface area contributed by atoms with Crippen LogP contribution in [0.15, 0.2) is 33.7 Å². The van der Waals surface area contributed by atoms with E-state index in [1.54, 1.807) is 0 Å². The van der Waals surface area contributed by atoms with Crippen molar-refractivity contribution < 1.29 is 28.2 Å². The second kappa shape index (κ2) is 10.6. The summed E-state index contributed by atoms with van der Waals surface area (Å²) in [4.78, 5) is 34.8. The lowest BCUT2D eigenvalue weighted by Gasteiger charge is -2.24. The van der Waals surface area contributed by atoms with Crippen LogP contribution in [0.2, 0.25) is 0 Å². The molecule has 0 saturated carbocycles. The minimum Gasteiger partial charge on any atom is -0.380 e. The molecule has 2 N–H and O–H groups in total. The van der Waals surface area contributed by atoms with E-state index >= 15 is 0 Å². The van der Waals surface area contributed by atoms with Crippen LogP contribution in [0.25, 0.3) is 0 Å². The molecular weight excluding hydrogens is 367 g/mol. The quantitative estimate of drug-likeness (QED) is 0.530. The van der Waals surface area contributed by atoms with Crippen LogP contribution in [0.3, 0.4) is 0 Å². The largest absolute Gasteiger partial charge is 0.380 e. The third-order valence-electron chi connectivity index (χ3n) is 3.15. The molecule has 0 saturated heterocycles. The molecule has 10 nitrogen and oxygen atoms in total. The molecule has 148 valence electrons. The van der Waals surface area contributed by atoms with Crippen LogP contribution >= 0.6 is 7.60 Å². The summed E-state index contributed by atoms with van der Waals surface area (Å²) in [6.07, 6.45) is 0.837. The monoisotopic (exact) mass is 392 g/mol. The Hall–Kier alpha value is -1.55. The number of nitrogens with one attached hydrogen (secondary N) is 1. The van der Waals surface area contributed by atoms with Gasteiger partial charge in [0.05, 0.1) is 19.3 Å². The lowest BCUT2D eigenvalue weighted by Crippen LogP contribution is -2.36. The van der Waals surface area contributed by atoms with Crippen LogP contribution in [-0.2, 0) is 23.3 Å². The summed E-state index contributed by atoms with van der Waals surface area (Å²) in [6, 6.07) is 1.18. The molecule has 1 unspecified atom stereocenters. The zero-order valence-corrected chi connectivity index (χ0v) is 16.0. The molecule has 1 aromatic rings. The number of nitrogens with zero attached hydrogens (tertiary/aromatic N) is 1. The summed E-state index contributed by atoms with van der Waals surface area (Å²) in [5.74, 6) is 0.987. The molecule has 0 aliphatic rings. The Morgan fingerprint density at radius 3 is 2.54 bits per heavy atom. The number of methoxy groups -OCH3 is 1. The topological polar surface area (TPSA) is 129 Å². The Morgan fingerprint density at radius 2 is 2.00 bits per heavy atom. The van der Waals surface area contributed by atoms with Gasteiger partial charge >= 0.3 is 13.3 Å². The van der Waals surface area contributed by atoms with Crippen molar-refractivity contribution in [3.8, 4) is 0 Å². The third kappa shape index (κ3) is 7.77. The highest BCUT2D eigenvalue weighted by atomic mass is 31.2. The average molecular weight is 392 g/mol. The van der Waals surface area contributed by atoms with Gasteiger partial charge in [-0.25, -0.2) is 4.79 Å². The number of aromatic amines is 1. The molecule has 0 amide bonds. The van der Waals surface area contributed by atoms with Crippen molar-refractivity contribution in [1.82, 2.24) is 9.55 Å². The fourth-order valence-corrected chi connectivity index (χ4v) is 2.41. The highest BCUT2D eigenvalue weighted by molar-refractivity contribution is 7.56. The van der Waals surface area contributed by atoms with Gasteiger partial charge in [0.15, 0.2) is 6.23 Å². The second-order valence-corrected chi connectivity index (χ2v) is 7.36. The van der Waals surface area contributed by atoms with E-state index in [2.05, 4.69) is 9.51 Å². The summed E-state index contributed by atoms with van der Waals surface area (Å²) >= 11 is 0. The minimum atomic E-state index is -3.88. The van der Waals surface area contributed by atoms with Crippen molar-refractivity contribution in [3.05, 3.63) is 45.0 Å². The number of hydrogen-bond donors (Lipinski definition) is 2. The first-order chi connectivity index (χ1) is 12.2. The van der Waals surface area contributed by atoms with Crippen molar-refractivity contribution >= 4 is 7.60 Å². The summed E-state index contributed by atoms with van der Waals surface area (Å²) in [6.45, 7) is 3.72. The summed E-state index contributed by atoms with van der Waals surface area (Å²) in [5.41, 5.74) is -1.21. The van der Waals surface area contributed by atoms with E-state index in [1.165, 1.54) is 25.4 Å². The maximum Gasteiger partial charge on any atom is 0.351 e. The first kappa shape index (κ1) is 22.5. The van der Waals surface area contributed by atoms with E-state index in [0.29, 0.717) is 0 Å². The standard InChI is InChI=1S/C15H25N2O8P/c1-11(2)24-9-12(6-8-26(20,21)23-4)25-14(10-22-3)17-7-5-13(18)16-15(17)19/h5-8,11-12,14H,9-10H2,1-4H3,(H,20,21)(H,16,18,19)/b8-6+/t12-,14-/m1/s1. The smallest absolute Gasteiger partial charge is 0.351 e. The molecule has 0 fully saturated rings. The van der Waals surface area contributed by atoms with Crippen molar-refractivity contribution in [2.45, 2.75) is 32.3 Å². The van der Waals surface area contributed by atoms with Gasteiger partial charge in [0.25, 0.3) is 5.56 Å². The fraction of sp³-hybridized carbons (Fsp3) is 0.600. The number of aromatic nitrogens is 2. The zero-order chi connectivity index (χ0) is 19.7. The molecule has 1 rings (SSSR count). The van der Waals surface area contributed by atoms with E-state index in [9.17, 15) is 19.0 Å². The highest BCUT2D eigenvalue weighted by Crippen LogP contribution is 2.42. The van der Waals surface area contributed by atoms with E-state index in [0.717, 1.165) is 17.5 Å². The highest BCUT2D eigenvalue weighted by Gasteiger charge is 2.20. The molecular formula is C15H25N2O8P. The Kier molecular flexibility index (Phi) is 9.14. The maximum absolute atomic E-state index is 12.0. The Bertz CT molecular complexity index is 742. The molecule has 1 aromatic heterocycles. The predicted octanol–water partition coefficient (Wildman–Crippen LogP) is 0.837. The van der Waals surface area contributed by atoms with Crippen molar-refractivity contribution in [2.75, 3.05) is 27.4 Å². The van der Waals surface area contributed by atoms with Gasteiger partial charge in [-0.3, -0.25) is 18.9 Å². The van der Waals surface area contributed by atoms with Crippen molar-refractivity contribution in [3.63, 3.8) is 0 Å². The van der Waals surface area contributed by atoms with Crippen molar-refractivity contribution in [1.29, 1.82) is 0 Å². The predicted molar refractivity (Wildman–Crippen MR) is 94.2 cm³/mol. The third-order valence-corrected chi connectivity index (χ3v) is 4.22. The van der Waals surface area contributed by atoms with Gasteiger partial charge in [0.1, 0.15) is 6.10 Å². The van der Waals surface area contributed by atoms with Crippen LogP contribution in [0.4, 0.5) is 0 Å². The Labute approximate surface area is 150 Å². The normalized spacial score (nSPS) is 16.7. The van der Waals surface area contributed by atoms with Crippen LogP contribution < -0.4 is 11.2 Å². The maximum atomic E-state index is 12.0. The second-order valence-electron chi connectivity index (χ2n) is 5.57. The van der Waals surface area contributed by atoms with Crippen LogP contribution in [0.5, 0.6) is 0 Å². The number of hydrogen-bond acceptors (Lipinski definition) is 7. The van der Waals surface area contributed by atoms with Gasteiger partial charge < -0.3 is 23.6 Å². The average Bonchev–Trinajstić information content (AvgIpc) is 2.56. The first-order valence-electron chi connectivity index (χ1n) is 7.83. The molecule has 26 heavy (non-hydrogen) atoms. The van der Waals surface area contributed by atoms with E-state index in [4.69, 9.17) is 14.2 Å². The summed E-state index contributed by atoms with van der Waals surface area (Å²) in [7, 11) is -1.35. The molecule has 0 aliphatic carbocycles. The molecule has 0 aliphatic heterocycles. The molecule has 0 bridgehead atoms. The van der Waals surface area contributed by atoms with Gasteiger partial charge in [-0.15, -0.1) is 0 Å². The number of H-pyrrole nitrogens is 1. The first-order valence-corrected chi connectivity index (χ1v) is 9.48. The number of rotatable bonds is 11. The molecule has 0 spiro atoms. The molecule has 1 heterocycles. The van der Waals surface area contributed by atoms with E-state index in [1.807, 2.05) is 13.8 Å². The van der Waals surface area contributed by atoms with Crippen LogP contribution in [0, 0.1) is 0 Å². The molecule has 0 aromatic carbocycles. The lowest BCUT2D eigenvalue weighted by molar-refractivity contribution is -0.102. The Morgan fingerprint density at radius 1 is 1.31 bits per heavy atom. The van der Waals surface area contributed by atoms with Crippen LogP contribution in [-0.4, -0.2) is 54.1 Å². The number of ether oxygens (including phenoxy) is 3. The molecule has 3 atom stereocenters. The van der Waals surface area contributed by atoms with Crippen molar-refractivity contribution in [2.24, 2.45) is 0 Å². The van der Waals surface area contributed by atoms with Gasteiger partial charge in [0.2, 0.25) is 0 Å². The van der Waals surface area contributed by atoms with Gasteiger partial charge in [-0.05, 0) is 19.9 Å². The van der Waals surface area contributed by atoms with Crippen LogP contribution in [0.1, 0.15) is 20.1 Å². The summed E-state index contributed by atoms with van der Waals surface area (Å²) in [5, 5.41) is 0. The lowest BCUT2D eigenvalue weighted by atomic mass is 10.3. The van der Waals surface area contributed by atoms with Gasteiger partial charge in [0, 0.05) is 32.3 Å². The molecule has 11 heteroatoms. The molecule has 0 radical (unpaired) electrons. The minimum absolute atomic E-state index is 0.000960. The van der Waals surface area contributed by atoms with E-state index < -0.39 is 31.2 Å². The fourth-order valence-electron chi connectivity index (χ4n) is 1.88. The SMILES string of the molecule is COC[C@@H](O[C@H](/C=C/P(=O)(O)OC)COC(C)C)n1ccc(=O)[nH]c1=O. The van der Waals surface area contributed by atoms with E-state index in [-0.39, 0.29) is 19.3 Å². The zero-order valence-electron chi connectivity index (χ0n) is 15.2. The van der Waals surface area contributed by atoms with Gasteiger partial charge in [-0.2, -0.15) is 0 Å².